The Morgan fingerprint density at radius 1 is 1.12 bits per heavy atom. The monoisotopic (exact) mass is 351 g/mol. The Bertz CT molecular complexity index is 998. The lowest BCUT2D eigenvalue weighted by atomic mass is 10.1. The Morgan fingerprint density at radius 3 is 2.65 bits per heavy atom. The van der Waals surface area contributed by atoms with Gasteiger partial charge in [0, 0.05) is 5.56 Å². The van der Waals surface area contributed by atoms with E-state index in [1.165, 1.54) is 0 Å². The van der Waals surface area contributed by atoms with E-state index in [0.717, 1.165) is 4.90 Å². The Kier molecular flexibility index (Phi) is 3.85. The molecule has 2 aromatic carbocycles. The van der Waals surface area contributed by atoms with E-state index < -0.39 is 18.4 Å². The summed E-state index contributed by atoms with van der Waals surface area (Å²) in [5, 5.41) is 13.2. The summed E-state index contributed by atoms with van der Waals surface area (Å²) in [6.07, 6.45) is 0. The summed E-state index contributed by atoms with van der Waals surface area (Å²) in [5.74, 6) is -0.714. The van der Waals surface area contributed by atoms with Gasteiger partial charge in [0.2, 0.25) is 5.82 Å². The number of amides is 1. The second-order valence-corrected chi connectivity index (χ2v) is 5.60. The molecule has 0 spiro atoms. The number of carbonyl (C=O) groups excluding carboxylic acids is 1. The minimum atomic E-state index is -1.14. The number of nitrogens with zero attached hydrogens (tertiary/aromatic N) is 3. The maximum atomic E-state index is 12.7. The van der Waals surface area contributed by atoms with E-state index >= 15 is 0 Å². The molecule has 0 unspecified atom stereocenters. The Balaban J connectivity index is 1.92. The van der Waals surface area contributed by atoms with Crippen LogP contribution in [0.15, 0.2) is 53.1 Å². The fourth-order valence-corrected chi connectivity index (χ4v) is 2.77. The van der Waals surface area contributed by atoms with Crippen LogP contribution in [-0.4, -0.2) is 40.3 Å². The number of anilines is 1. The van der Waals surface area contributed by atoms with Gasteiger partial charge in [-0.05, 0) is 24.3 Å². The molecule has 1 aromatic heterocycles. The second kappa shape index (κ2) is 6.32. The number of aromatic nitrogens is 2. The van der Waals surface area contributed by atoms with Gasteiger partial charge < -0.3 is 14.4 Å². The van der Waals surface area contributed by atoms with E-state index in [1.807, 2.05) is 0 Å². The number of hydrogen-bond acceptors (Lipinski definition) is 6. The maximum Gasteiger partial charge on any atom is 0.323 e. The predicted octanol–water partition coefficient (Wildman–Crippen LogP) is 2.21. The first-order valence-electron chi connectivity index (χ1n) is 7.81. The van der Waals surface area contributed by atoms with Crippen molar-refractivity contribution in [3.63, 3.8) is 0 Å². The smallest absolute Gasteiger partial charge is 0.323 e. The Morgan fingerprint density at radius 2 is 1.85 bits per heavy atom. The molecule has 2 bridgehead atoms. The van der Waals surface area contributed by atoms with Crippen LogP contribution in [0.25, 0.3) is 22.8 Å². The van der Waals surface area contributed by atoms with Crippen LogP contribution >= 0.6 is 0 Å². The number of carbonyl (C=O) groups is 2. The van der Waals surface area contributed by atoms with Gasteiger partial charge in [-0.3, -0.25) is 14.5 Å². The standard InChI is InChI=1S/C18H13N3O5/c22-15-10-25-14-8-4-2-6-12(14)18-19-17(20-26-18)11-5-1-3-7-13(11)21(15)9-16(23)24/h1-8H,9-10H2,(H,23,24). The molecule has 1 amide bonds. The van der Waals surface area contributed by atoms with Crippen molar-refractivity contribution < 1.29 is 24.0 Å². The first-order valence-corrected chi connectivity index (χ1v) is 7.81. The van der Waals surface area contributed by atoms with Gasteiger partial charge in [-0.25, -0.2) is 0 Å². The molecular formula is C18H13N3O5. The highest BCUT2D eigenvalue weighted by Crippen LogP contribution is 2.34. The van der Waals surface area contributed by atoms with Crippen LogP contribution in [0, 0.1) is 0 Å². The first-order chi connectivity index (χ1) is 12.6. The summed E-state index contributed by atoms with van der Waals surface area (Å²) in [4.78, 5) is 29.5. The molecule has 26 heavy (non-hydrogen) atoms. The fourth-order valence-electron chi connectivity index (χ4n) is 2.77. The average molecular weight is 351 g/mol. The van der Waals surface area contributed by atoms with Crippen LogP contribution in [0.5, 0.6) is 5.75 Å². The summed E-state index contributed by atoms with van der Waals surface area (Å²) >= 11 is 0. The second-order valence-electron chi connectivity index (χ2n) is 5.60. The number of rotatable bonds is 2. The van der Waals surface area contributed by atoms with Crippen LogP contribution in [0.1, 0.15) is 0 Å². The predicted molar refractivity (Wildman–Crippen MR) is 90.7 cm³/mol. The zero-order valence-electron chi connectivity index (χ0n) is 13.5. The number of para-hydroxylation sites is 2. The van der Waals surface area contributed by atoms with Crippen LogP contribution in [-0.2, 0) is 9.59 Å². The van der Waals surface area contributed by atoms with E-state index in [1.54, 1.807) is 48.5 Å². The van der Waals surface area contributed by atoms with Gasteiger partial charge in [0.1, 0.15) is 12.3 Å². The molecule has 0 saturated carbocycles. The van der Waals surface area contributed by atoms with Crippen LogP contribution in [0.3, 0.4) is 0 Å². The molecular weight excluding hydrogens is 338 g/mol. The highest BCUT2D eigenvalue weighted by atomic mass is 16.5. The molecule has 0 radical (unpaired) electrons. The van der Waals surface area contributed by atoms with Gasteiger partial charge in [0.15, 0.2) is 6.61 Å². The van der Waals surface area contributed by atoms with Crippen molar-refractivity contribution in [3.8, 4) is 28.6 Å². The topological polar surface area (TPSA) is 106 Å². The molecule has 1 N–H and O–H groups in total. The van der Waals surface area contributed by atoms with Gasteiger partial charge in [0.25, 0.3) is 11.8 Å². The average Bonchev–Trinajstić information content (AvgIpc) is 3.13. The number of benzene rings is 2. The van der Waals surface area contributed by atoms with Gasteiger partial charge in [-0.15, -0.1) is 0 Å². The molecule has 8 heteroatoms. The van der Waals surface area contributed by atoms with E-state index in [9.17, 15) is 14.7 Å². The molecule has 3 aromatic rings. The summed E-state index contributed by atoms with van der Waals surface area (Å²) in [7, 11) is 0. The van der Waals surface area contributed by atoms with E-state index in [4.69, 9.17) is 9.26 Å². The Hall–Kier alpha value is -3.68. The normalized spacial score (nSPS) is 13.2. The molecule has 0 atom stereocenters. The number of hydrogen-bond donors (Lipinski definition) is 1. The zero-order valence-corrected chi connectivity index (χ0v) is 13.5. The number of carboxylic acids is 1. The van der Waals surface area contributed by atoms with Crippen molar-refractivity contribution in [2.75, 3.05) is 18.1 Å². The molecule has 130 valence electrons. The summed E-state index contributed by atoms with van der Waals surface area (Å²) in [5.41, 5.74) is 1.43. The van der Waals surface area contributed by atoms with Gasteiger partial charge in [-0.1, -0.05) is 29.4 Å². The lowest BCUT2D eigenvalue weighted by Gasteiger charge is -2.22. The van der Waals surface area contributed by atoms with E-state index in [-0.39, 0.29) is 18.3 Å². The quantitative estimate of drug-likeness (QED) is 0.754. The third kappa shape index (κ3) is 2.77. The summed E-state index contributed by atoms with van der Waals surface area (Å²) in [6, 6.07) is 13.8. The third-order valence-electron chi connectivity index (χ3n) is 3.92. The molecule has 4 rings (SSSR count). The van der Waals surface area contributed by atoms with Crippen LogP contribution in [0.2, 0.25) is 0 Å². The number of aliphatic carboxylic acids is 1. The maximum absolute atomic E-state index is 12.7. The highest BCUT2D eigenvalue weighted by Gasteiger charge is 2.26. The number of fused-ring (bicyclic) bond motifs is 6. The van der Waals surface area contributed by atoms with Crippen molar-refractivity contribution in [2.24, 2.45) is 0 Å². The largest absolute Gasteiger partial charge is 0.483 e. The van der Waals surface area contributed by atoms with Gasteiger partial charge >= 0.3 is 5.97 Å². The molecule has 0 saturated heterocycles. The molecule has 1 aliphatic rings. The summed E-state index contributed by atoms with van der Waals surface area (Å²) < 4.78 is 11.0. The SMILES string of the molecule is O=C(O)CN1C(=O)COc2ccccc2-c2nc(no2)-c2ccccc21. The third-order valence-corrected chi connectivity index (χ3v) is 3.92. The van der Waals surface area contributed by atoms with Crippen molar-refractivity contribution in [3.05, 3.63) is 48.5 Å². The van der Waals surface area contributed by atoms with Gasteiger partial charge in [-0.2, -0.15) is 4.98 Å². The summed E-state index contributed by atoms with van der Waals surface area (Å²) in [6.45, 7) is -0.829. The highest BCUT2D eigenvalue weighted by molar-refractivity contribution is 6.01. The van der Waals surface area contributed by atoms with Crippen LogP contribution < -0.4 is 9.64 Å². The molecule has 0 aliphatic carbocycles. The molecule has 2 heterocycles. The minimum Gasteiger partial charge on any atom is -0.483 e. The zero-order chi connectivity index (χ0) is 18.1. The van der Waals surface area contributed by atoms with Crippen molar-refractivity contribution in [1.82, 2.24) is 10.1 Å². The molecule has 8 nitrogen and oxygen atoms in total. The molecule has 1 aliphatic heterocycles. The lowest BCUT2D eigenvalue weighted by molar-refractivity contribution is -0.136. The van der Waals surface area contributed by atoms with Crippen molar-refractivity contribution in [2.45, 2.75) is 0 Å². The van der Waals surface area contributed by atoms with Crippen LogP contribution in [0.4, 0.5) is 5.69 Å². The minimum absolute atomic E-state index is 0.254. The van der Waals surface area contributed by atoms with Crippen molar-refractivity contribution >= 4 is 17.6 Å². The van der Waals surface area contributed by atoms with E-state index in [0.29, 0.717) is 22.6 Å². The van der Waals surface area contributed by atoms with E-state index in [2.05, 4.69) is 10.1 Å². The lowest BCUT2D eigenvalue weighted by Crippen LogP contribution is -2.39. The first kappa shape index (κ1) is 15.8. The number of ether oxygens (including phenoxy) is 1. The Labute approximate surface area is 147 Å². The van der Waals surface area contributed by atoms with Crippen molar-refractivity contribution in [1.29, 1.82) is 0 Å². The fraction of sp³-hybridized carbons (Fsp3) is 0.111. The van der Waals surface area contributed by atoms with Gasteiger partial charge in [0.05, 0.1) is 11.3 Å². The molecule has 0 fully saturated rings. The number of carboxylic acid groups (broad SMARTS) is 1.